The molecule has 3 unspecified atom stereocenters. The van der Waals surface area contributed by atoms with Gasteiger partial charge in [-0.2, -0.15) is 9.78 Å². The van der Waals surface area contributed by atoms with Crippen LogP contribution in [0.2, 0.25) is 0 Å². The Bertz CT molecular complexity index is 506. The van der Waals surface area contributed by atoms with Gasteiger partial charge in [0.25, 0.3) is 0 Å². The van der Waals surface area contributed by atoms with Gasteiger partial charge in [0.15, 0.2) is 0 Å². The zero-order valence-corrected chi connectivity index (χ0v) is 20.8. The fraction of sp³-hybridized carbons (Fsp3) is 0.917. The molecule has 0 aromatic carbocycles. The van der Waals surface area contributed by atoms with Gasteiger partial charge in [-0.3, -0.25) is 9.78 Å². The van der Waals surface area contributed by atoms with E-state index < -0.39 is 17.2 Å². The van der Waals surface area contributed by atoms with Gasteiger partial charge in [0, 0.05) is 0 Å². The molecule has 0 aliphatic rings. The monoisotopic (exact) mass is 446 g/mol. The number of carbonyl (C=O) groups excluding carboxylic acids is 2. The van der Waals surface area contributed by atoms with E-state index in [0.717, 1.165) is 38.5 Å². The molecule has 0 amide bonds. The third kappa shape index (κ3) is 12.4. The number of aliphatic hydroxyl groups excluding tert-OH is 1. The number of aliphatic hydroxyl groups is 1. The number of rotatable bonds is 18. The summed E-state index contributed by atoms with van der Waals surface area (Å²) >= 11 is 0. The summed E-state index contributed by atoms with van der Waals surface area (Å²) in [5.41, 5.74) is -1.86. The number of hydrogen-bond donors (Lipinski definition) is 1. The van der Waals surface area contributed by atoms with Crippen molar-refractivity contribution in [1.29, 1.82) is 0 Å². The van der Waals surface area contributed by atoms with E-state index in [4.69, 9.17) is 19.6 Å². The molecule has 0 aromatic heterocycles. The Hall–Kier alpha value is -1.18. The predicted molar refractivity (Wildman–Crippen MR) is 120 cm³/mol. The molecule has 0 fully saturated rings. The minimum absolute atomic E-state index is 0.166. The molecule has 7 heteroatoms. The lowest BCUT2D eigenvalue weighted by molar-refractivity contribution is -0.349. The summed E-state index contributed by atoms with van der Waals surface area (Å²) in [7, 11) is 0. The summed E-state index contributed by atoms with van der Waals surface area (Å²) in [5, 5.41) is 9.79. The Balaban J connectivity index is 4.64. The number of carbonyl (C=O) groups is 2. The van der Waals surface area contributed by atoms with Crippen molar-refractivity contribution in [3.8, 4) is 0 Å². The van der Waals surface area contributed by atoms with E-state index in [1.807, 2.05) is 13.8 Å². The summed E-state index contributed by atoms with van der Waals surface area (Å²) in [6, 6.07) is 0. The molecular weight excluding hydrogens is 400 g/mol. The molecule has 0 saturated heterocycles. The molecule has 1 N–H and O–H groups in total. The standard InChI is InChI=1S/C24H46O7/c1-8-12-14-19(10-3)21(26)28-30-23(5,6)16-17-24(7,18-25)31-29-22(27)20(11-4)15-13-9-2/h19-20,25H,8-18H2,1-7H3. The van der Waals surface area contributed by atoms with Crippen molar-refractivity contribution >= 4 is 11.9 Å². The third-order valence-electron chi connectivity index (χ3n) is 5.73. The highest BCUT2D eigenvalue weighted by atomic mass is 17.2. The minimum Gasteiger partial charge on any atom is -0.393 e. The molecule has 7 nitrogen and oxygen atoms in total. The van der Waals surface area contributed by atoms with Crippen molar-refractivity contribution in [2.45, 2.75) is 124 Å². The van der Waals surface area contributed by atoms with Crippen LogP contribution in [0.15, 0.2) is 0 Å². The Kier molecular flexibility index (Phi) is 15.0. The lowest BCUT2D eigenvalue weighted by Crippen LogP contribution is -2.38. The molecule has 184 valence electrons. The largest absolute Gasteiger partial charge is 0.393 e. The average molecular weight is 447 g/mol. The molecule has 0 spiro atoms. The predicted octanol–water partition coefficient (Wildman–Crippen LogP) is 5.68. The van der Waals surface area contributed by atoms with E-state index in [9.17, 15) is 14.7 Å². The van der Waals surface area contributed by atoms with Crippen LogP contribution in [0.3, 0.4) is 0 Å². The van der Waals surface area contributed by atoms with Crippen molar-refractivity contribution in [2.75, 3.05) is 6.61 Å². The van der Waals surface area contributed by atoms with Crippen LogP contribution >= 0.6 is 0 Å². The Morgan fingerprint density at radius 1 is 0.774 bits per heavy atom. The third-order valence-corrected chi connectivity index (χ3v) is 5.73. The van der Waals surface area contributed by atoms with E-state index in [0.29, 0.717) is 25.7 Å². The molecule has 0 radical (unpaired) electrons. The number of unbranched alkanes of at least 4 members (excludes halogenated alkanes) is 2. The van der Waals surface area contributed by atoms with E-state index in [-0.39, 0.29) is 24.4 Å². The summed E-state index contributed by atoms with van der Waals surface area (Å²) < 4.78 is 0. The van der Waals surface area contributed by atoms with Gasteiger partial charge in [0.1, 0.15) is 11.2 Å². The fourth-order valence-electron chi connectivity index (χ4n) is 3.06. The van der Waals surface area contributed by atoms with Crippen LogP contribution in [-0.2, 0) is 29.1 Å². The second-order valence-electron chi connectivity index (χ2n) is 9.33. The van der Waals surface area contributed by atoms with Crippen molar-refractivity contribution < 1.29 is 34.2 Å². The maximum Gasteiger partial charge on any atom is 0.345 e. The highest BCUT2D eigenvalue weighted by Gasteiger charge is 2.34. The number of hydrogen-bond acceptors (Lipinski definition) is 7. The molecule has 3 atom stereocenters. The summed E-state index contributed by atoms with van der Waals surface area (Å²) in [4.78, 5) is 45.5. The van der Waals surface area contributed by atoms with Crippen molar-refractivity contribution in [1.82, 2.24) is 0 Å². The van der Waals surface area contributed by atoms with Gasteiger partial charge in [-0.1, -0.05) is 53.4 Å². The normalized spacial score (nSPS) is 15.7. The molecule has 0 aromatic rings. The Morgan fingerprint density at radius 2 is 1.23 bits per heavy atom. The molecule has 0 aliphatic carbocycles. The highest BCUT2D eigenvalue weighted by molar-refractivity contribution is 5.72. The van der Waals surface area contributed by atoms with Gasteiger partial charge >= 0.3 is 11.9 Å². The van der Waals surface area contributed by atoms with Crippen LogP contribution in [0.1, 0.15) is 113 Å². The molecule has 0 bridgehead atoms. The van der Waals surface area contributed by atoms with Crippen molar-refractivity contribution in [3.05, 3.63) is 0 Å². The second-order valence-corrected chi connectivity index (χ2v) is 9.33. The van der Waals surface area contributed by atoms with Crippen molar-refractivity contribution in [2.24, 2.45) is 11.8 Å². The van der Waals surface area contributed by atoms with Gasteiger partial charge in [-0.15, -0.1) is 0 Å². The smallest absolute Gasteiger partial charge is 0.345 e. The topological polar surface area (TPSA) is 91.3 Å². The van der Waals surface area contributed by atoms with Crippen LogP contribution in [-0.4, -0.2) is 34.9 Å². The average Bonchev–Trinajstić information content (AvgIpc) is 2.76. The first-order valence-electron chi connectivity index (χ1n) is 12.0. The first kappa shape index (κ1) is 29.8. The zero-order chi connectivity index (χ0) is 23.9. The van der Waals surface area contributed by atoms with Crippen molar-refractivity contribution in [3.63, 3.8) is 0 Å². The lowest BCUT2D eigenvalue weighted by atomic mass is 9.93. The first-order chi connectivity index (χ1) is 14.6. The molecule has 0 saturated carbocycles. The minimum atomic E-state index is -1.07. The lowest BCUT2D eigenvalue weighted by Gasteiger charge is -2.30. The van der Waals surface area contributed by atoms with Gasteiger partial charge < -0.3 is 5.11 Å². The molecule has 0 heterocycles. The molecule has 0 aliphatic heterocycles. The summed E-state index contributed by atoms with van der Waals surface area (Å²) in [6.45, 7) is 13.0. The summed E-state index contributed by atoms with van der Waals surface area (Å²) in [6.07, 6.45) is 7.67. The van der Waals surface area contributed by atoms with E-state index in [2.05, 4.69) is 13.8 Å². The van der Waals surface area contributed by atoms with Crippen LogP contribution in [0.5, 0.6) is 0 Å². The highest BCUT2D eigenvalue weighted by Crippen LogP contribution is 2.27. The molecular formula is C24H46O7. The van der Waals surface area contributed by atoms with E-state index in [1.165, 1.54) is 0 Å². The maximum atomic E-state index is 12.3. The van der Waals surface area contributed by atoms with E-state index >= 15 is 0 Å². The second kappa shape index (κ2) is 15.6. The maximum absolute atomic E-state index is 12.3. The van der Waals surface area contributed by atoms with Gasteiger partial charge in [0.05, 0.1) is 18.4 Å². The zero-order valence-electron chi connectivity index (χ0n) is 20.8. The Morgan fingerprint density at radius 3 is 1.61 bits per heavy atom. The van der Waals surface area contributed by atoms with Crippen LogP contribution in [0.25, 0.3) is 0 Å². The van der Waals surface area contributed by atoms with E-state index in [1.54, 1.807) is 20.8 Å². The van der Waals surface area contributed by atoms with Gasteiger partial charge in [-0.25, -0.2) is 9.59 Å². The SMILES string of the molecule is CCCCC(CC)C(=O)OOC(C)(C)CCC(C)(CO)OOC(=O)C(CC)CCCC. The quantitative estimate of drug-likeness (QED) is 0.214. The fourth-order valence-corrected chi connectivity index (χ4v) is 3.06. The van der Waals surface area contributed by atoms with Crippen LogP contribution in [0.4, 0.5) is 0 Å². The van der Waals surface area contributed by atoms with Crippen LogP contribution in [0, 0.1) is 11.8 Å². The first-order valence-corrected chi connectivity index (χ1v) is 12.0. The summed E-state index contributed by atoms with van der Waals surface area (Å²) in [5.74, 6) is -1.13. The van der Waals surface area contributed by atoms with Gasteiger partial charge in [0.2, 0.25) is 0 Å². The Labute approximate surface area is 189 Å². The molecule has 0 rings (SSSR count). The molecule has 31 heavy (non-hydrogen) atoms. The van der Waals surface area contributed by atoms with Gasteiger partial charge in [-0.05, 0) is 59.3 Å². The van der Waals surface area contributed by atoms with Crippen LogP contribution < -0.4 is 0 Å².